The lowest BCUT2D eigenvalue weighted by molar-refractivity contribution is -0.128. The van der Waals surface area contributed by atoms with E-state index in [1.54, 1.807) is 6.07 Å². The molecular weight excluding hydrogens is 264 g/mol. The van der Waals surface area contributed by atoms with Gasteiger partial charge in [-0.3, -0.25) is 9.69 Å². The highest BCUT2D eigenvalue weighted by atomic mass is 35.5. The van der Waals surface area contributed by atoms with Gasteiger partial charge in [-0.2, -0.15) is 0 Å². The number of nitrogens with zero attached hydrogens (tertiary/aromatic N) is 1. The number of nitrogens with one attached hydrogen (secondary N) is 1. The fourth-order valence-corrected chi connectivity index (χ4v) is 3.09. The molecular formula is C14H17ClN2O2. The summed E-state index contributed by atoms with van der Waals surface area (Å²) in [6, 6.07) is 5.55. The fourth-order valence-electron chi connectivity index (χ4n) is 2.91. The van der Waals surface area contributed by atoms with Gasteiger partial charge in [0.15, 0.2) is 6.10 Å². The van der Waals surface area contributed by atoms with Crippen LogP contribution in [0, 0.1) is 0 Å². The lowest BCUT2D eigenvalue weighted by Crippen LogP contribution is -2.40. The van der Waals surface area contributed by atoms with Crippen LogP contribution in [0.1, 0.15) is 24.9 Å². The first-order valence-electron chi connectivity index (χ1n) is 6.68. The number of fused-ring (bicyclic) bond motifs is 3. The largest absolute Gasteiger partial charge is 0.478 e. The summed E-state index contributed by atoms with van der Waals surface area (Å²) in [6.45, 7) is 4.61. The van der Waals surface area contributed by atoms with Gasteiger partial charge in [0, 0.05) is 23.7 Å². The Kier molecular flexibility index (Phi) is 3.37. The number of halogens is 1. The van der Waals surface area contributed by atoms with E-state index in [2.05, 4.69) is 17.1 Å². The van der Waals surface area contributed by atoms with Gasteiger partial charge in [0.25, 0.3) is 5.91 Å². The van der Waals surface area contributed by atoms with E-state index in [-0.39, 0.29) is 11.9 Å². The Hall–Kier alpha value is -1.26. The smallest absolute Gasteiger partial charge is 0.263 e. The Labute approximate surface area is 117 Å². The number of amides is 1. The van der Waals surface area contributed by atoms with E-state index in [0.29, 0.717) is 11.6 Å². The van der Waals surface area contributed by atoms with Crippen molar-refractivity contribution in [3.05, 3.63) is 28.8 Å². The van der Waals surface area contributed by atoms with E-state index in [1.807, 2.05) is 12.1 Å². The van der Waals surface area contributed by atoms with E-state index in [0.717, 1.165) is 30.8 Å². The van der Waals surface area contributed by atoms with Crippen LogP contribution in [0.5, 0.6) is 5.75 Å². The number of hydrogen-bond donors (Lipinski definition) is 1. The maximum Gasteiger partial charge on any atom is 0.263 e. The number of ether oxygens (including phenoxy) is 1. The van der Waals surface area contributed by atoms with Crippen molar-refractivity contribution >= 4 is 17.5 Å². The van der Waals surface area contributed by atoms with Crippen LogP contribution in [0.2, 0.25) is 5.02 Å². The Morgan fingerprint density at radius 3 is 3.16 bits per heavy atom. The van der Waals surface area contributed by atoms with Crippen LogP contribution in [-0.4, -0.2) is 36.5 Å². The second-order valence-corrected chi connectivity index (χ2v) is 5.43. The molecule has 1 N–H and O–H groups in total. The van der Waals surface area contributed by atoms with Gasteiger partial charge in [0.2, 0.25) is 0 Å². The summed E-state index contributed by atoms with van der Waals surface area (Å²) in [5.41, 5.74) is 1.03. The van der Waals surface area contributed by atoms with E-state index in [1.165, 1.54) is 0 Å². The van der Waals surface area contributed by atoms with Gasteiger partial charge in [0.05, 0.1) is 6.04 Å². The van der Waals surface area contributed by atoms with Crippen LogP contribution in [-0.2, 0) is 4.79 Å². The molecule has 2 atom stereocenters. The molecule has 2 unspecified atom stereocenters. The van der Waals surface area contributed by atoms with Crippen LogP contribution in [0.4, 0.5) is 0 Å². The molecule has 0 radical (unpaired) electrons. The van der Waals surface area contributed by atoms with Crippen LogP contribution in [0.25, 0.3) is 0 Å². The molecule has 19 heavy (non-hydrogen) atoms. The highest BCUT2D eigenvalue weighted by Crippen LogP contribution is 2.42. The third-order valence-electron chi connectivity index (χ3n) is 3.69. The van der Waals surface area contributed by atoms with Crippen LogP contribution in [0.3, 0.4) is 0 Å². The number of benzene rings is 1. The van der Waals surface area contributed by atoms with Crippen LogP contribution < -0.4 is 10.1 Å². The standard InChI is InChI=1S/C14H17ClN2O2/c1-2-6-17-7-5-16-14(18)13-12(17)10-8-9(15)3-4-11(10)19-13/h3-4,8,12-13H,2,5-7H2,1H3,(H,16,18). The van der Waals surface area contributed by atoms with E-state index in [4.69, 9.17) is 16.3 Å². The van der Waals surface area contributed by atoms with Crippen molar-refractivity contribution in [1.29, 1.82) is 0 Å². The van der Waals surface area contributed by atoms with Crippen molar-refractivity contribution in [2.75, 3.05) is 19.6 Å². The summed E-state index contributed by atoms with van der Waals surface area (Å²) >= 11 is 6.08. The SMILES string of the molecule is CCCN1CCNC(=O)C2Oc3ccc(Cl)cc3C21. The third-order valence-corrected chi connectivity index (χ3v) is 3.93. The molecule has 1 aromatic carbocycles. The minimum absolute atomic E-state index is 0.0175. The van der Waals surface area contributed by atoms with Crippen molar-refractivity contribution in [2.45, 2.75) is 25.5 Å². The summed E-state index contributed by atoms with van der Waals surface area (Å²) in [6.07, 6.45) is 0.593. The molecule has 1 fully saturated rings. The quantitative estimate of drug-likeness (QED) is 0.901. The maximum atomic E-state index is 12.1. The highest BCUT2D eigenvalue weighted by molar-refractivity contribution is 6.30. The summed E-state index contributed by atoms with van der Waals surface area (Å²) < 4.78 is 5.82. The molecule has 1 aromatic rings. The maximum absolute atomic E-state index is 12.1. The van der Waals surface area contributed by atoms with E-state index in [9.17, 15) is 4.79 Å². The summed E-state index contributed by atoms with van der Waals surface area (Å²) in [5, 5.41) is 3.60. The number of rotatable bonds is 2. The molecule has 0 saturated carbocycles. The predicted octanol–water partition coefficient (Wildman–Crippen LogP) is 1.98. The van der Waals surface area contributed by atoms with Gasteiger partial charge in [0.1, 0.15) is 5.75 Å². The molecule has 102 valence electrons. The van der Waals surface area contributed by atoms with Crippen LogP contribution >= 0.6 is 11.6 Å². The van der Waals surface area contributed by atoms with Gasteiger partial charge in [-0.1, -0.05) is 18.5 Å². The molecule has 1 amide bonds. The second kappa shape index (κ2) is 5.02. The van der Waals surface area contributed by atoms with Crippen molar-refractivity contribution in [1.82, 2.24) is 10.2 Å². The van der Waals surface area contributed by atoms with Gasteiger partial charge < -0.3 is 10.1 Å². The molecule has 3 rings (SSSR count). The zero-order chi connectivity index (χ0) is 13.4. The number of hydrogen-bond acceptors (Lipinski definition) is 3. The lowest BCUT2D eigenvalue weighted by atomic mass is 10.0. The van der Waals surface area contributed by atoms with Crippen LogP contribution in [0.15, 0.2) is 18.2 Å². The molecule has 5 heteroatoms. The topological polar surface area (TPSA) is 41.6 Å². The van der Waals surface area contributed by atoms with E-state index < -0.39 is 6.10 Å². The van der Waals surface area contributed by atoms with Gasteiger partial charge >= 0.3 is 0 Å². The Bertz CT molecular complexity index is 506. The minimum Gasteiger partial charge on any atom is -0.478 e. The molecule has 0 bridgehead atoms. The summed E-state index contributed by atoms with van der Waals surface area (Å²) in [5.74, 6) is 0.744. The molecule has 2 aliphatic heterocycles. The Balaban J connectivity index is 2.02. The van der Waals surface area contributed by atoms with Crippen molar-refractivity contribution in [3.8, 4) is 5.75 Å². The zero-order valence-electron chi connectivity index (χ0n) is 10.9. The number of carbonyl (C=O) groups excluding carboxylic acids is 1. The molecule has 1 saturated heterocycles. The van der Waals surface area contributed by atoms with Crippen molar-refractivity contribution in [2.24, 2.45) is 0 Å². The number of carbonyl (C=O) groups is 1. The third kappa shape index (κ3) is 2.19. The first kappa shape index (κ1) is 12.8. The van der Waals surface area contributed by atoms with Gasteiger partial charge in [-0.05, 0) is 31.2 Å². The van der Waals surface area contributed by atoms with Gasteiger partial charge in [-0.15, -0.1) is 0 Å². The van der Waals surface area contributed by atoms with Gasteiger partial charge in [-0.25, -0.2) is 0 Å². The molecule has 2 aliphatic rings. The van der Waals surface area contributed by atoms with E-state index >= 15 is 0 Å². The summed E-state index contributed by atoms with van der Waals surface area (Å²) in [7, 11) is 0. The average molecular weight is 281 g/mol. The normalized spacial score (nSPS) is 26.1. The molecule has 4 nitrogen and oxygen atoms in total. The first-order chi connectivity index (χ1) is 9.20. The minimum atomic E-state index is -0.456. The molecule has 2 heterocycles. The first-order valence-corrected chi connectivity index (χ1v) is 7.06. The zero-order valence-corrected chi connectivity index (χ0v) is 11.6. The summed E-state index contributed by atoms with van der Waals surface area (Å²) in [4.78, 5) is 14.4. The average Bonchev–Trinajstić information content (AvgIpc) is 2.68. The predicted molar refractivity (Wildman–Crippen MR) is 73.5 cm³/mol. The Morgan fingerprint density at radius 2 is 2.37 bits per heavy atom. The van der Waals surface area contributed by atoms with Crippen molar-refractivity contribution in [3.63, 3.8) is 0 Å². The molecule has 0 aromatic heterocycles. The second-order valence-electron chi connectivity index (χ2n) is 4.99. The lowest BCUT2D eigenvalue weighted by Gasteiger charge is -2.27. The monoisotopic (exact) mass is 280 g/mol. The molecule has 0 spiro atoms. The van der Waals surface area contributed by atoms with Crippen molar-refractivity contribution < 1.29 is 9.53 Å². The Morgan fingerprint density at radius 1 is 1.53 bits per heavy atom. The fraction of sp³-hybridized carbons (Fsp3) is 0.500. The molecule has 0 aliphatic carbocycles. The highest BCUT2D eigenvalue weighted by Gasteiger charge is 2.44.